The molecule has 1 saturated carbocycles. The fraction of sp³-hybridized carbons (Fsp3) is 1.00. The van der Waals surface area contributed by atoms with Crippen molar-refractivity contribution < 1.29 is 9.84 Å². The van der Waals surface area contributed by atoms with Gasteiger partial charge in [-0.25, -0.2) is 0 Å². The first kappa shape index (κ1) is 11.0. The maximum absolute atomic E-state index is 9.67. The molecule has 0 saturated heterocycles. The maximum atomic E-state index is 9.67. The van der Waals surface area contributed by atoms with Crippen LogP contribution in [0.1, 0.15) is 39.0 Å². The second-order valence-electron chi connectivity index (χ2n) is 4.47. The highest BCUT2D eigenvalue weighted by molar-refractivity contribution is 4.74. The average molecular weight is 186 g/mol. The van der Waals surface area contributed by atoms with Crippen LogP contribution in [-0.2, 0) is 4.74 Å². The highest BCUT2D eigenvalue weighted by Gasteiger charge is 2.22. The SMILES string of the molecule is COCC(C)CC(O)CCC1CC1. The fourth-order valence-electron chi connectivity index (χ4n) is 1.77. The van der Waals surface area contributed by atoms with Crippen molar-refractivity contribution in [1.29, 1.82) is 0 Å². The van der Waals surface area contributed by atoms with Gasteiger partial charge in [-0.2, -0.15) is 0 Å². The zero-order chi connectivity index (χ0) is 9.68. The number of aliphatic hydroxyl groups is 1. The van der Waals surface area contributed by atoms with Gasteiger partial charge in [-0.1, -0.05) is 19.8 Å². The number of hydrogen-bond acceptors (Lipinski definition) is 2. The summed E-state index contributed by atoms with van der Waals surface area (Å²) in [5, 5.41) is 9.67. The zero-order valence-corrected chi connectivity index (χ0v) is 8.83. The predicted octanol–water partition coefficient (Wildman–Crippen LogP) is 2.21. The van der Waals surface area contributed by atoms with E-state index in [1.54, 1.807) is 7.11 Å². The Balaban J connectivity index is 1.97. The maximum Gasteiger partial charge on any atom is 0.0543 e. The summed E-state index contributed by atoms with van der Waals surface area (Å²) in [6.07, 6.45) is 5.77. The summed E-state index contributed by atoms with van der Waals surface area (Å²) < 4.78 is 5.03. The number of hydrogen-bond donors (Lipinski definition) is 1. The van der Waals surface area contributed by atoms with Crippen LogP contribution in [0.3, 0.4) is 0 Å². The lowest BCUT2D eigenvalue weighted by Gasteiger charge is -2.15. The number of aliphatic hydroxyl groups excluding tert-OH is 1. The second kappa shape index (κ2) is 5.61. The molecule has 1 aliphatic rings. The van der Waals surface area contributed by atoms with Gasteiger partial charge in [0.25, 0.3) is 0 Å². The van der Waals surface area contributed by atoms with Crippen molar-refractivity contribution >= 4 is 0 Å². The lowest BCUT2D eigenvalue weighted by molar-refractivity contribution is 0.0943. The molecule has 0 radical (unpaired) electrons. The molecule has 0 aromatic heterocycles. The molecule has 0 amide bonds. The average Bonchev–Trinajstić information content (AvgIpc) is 2.84. The van der Waals surface area contributed by atoms with Crippen LogP contribution < -0.4 is 0 Å². The normalized spacial score (nSPS) is 21.5. The van der Waals surface area contributed by atoms with Gasteiger partial charge < -0.3 is 9.84 Å². The second-order valence-corrected chi connectivity index (χ2v) is 4.47. The van der Waals surface area contributed by atoms with Crippen molar-refractivity contribution in [3.05, 3.63) is 0 Å². The molecule has 13 heavy (non-hydrogen) atoms. The Morgan fingerprint density at radius 1 is 1.46 bits per heavy atom. The largest absolute Gasteiger partial charge is 0.393 e. The molecule has 0 aliphatic heterocycles. The summed E-state index contributed by atoms with van der Waals surface area (Å²) in [4.78, 5) is 0. The van der Waals surface area contributed by atoms with Gasteiger partial charge >= 0.3 is 0 Å². The van der Waals surface area contributed by atoms with Gasteiger partial charge in [0.05, 0.1) is 6.10 Å². The van der Waals surface area contributed by atoms with Crippen LogP contribution in [0.2, 0.25) is 0 Å². The third-order valence-electron chi connectivity index (χ3n) is 2.73. The molecule has 0 aromatic carbocycles. The number of ether oxygens (including phenoxy) is 1. The van der Waals surface area contributed by atoms with E-state index in [-0.39, 0.29) is 6.10 Å². The summed E-state index contributed by atoms with van der Waals surface area (Å²) in [5.74, 6) is 1.42. The van der Waals surface area contributed by atoms with E-state index < -0.39 is 0 Å². The van der Waals surface area contributed by atoms with E-state index in [0.717, 1.165) is 25.4 Å². The van der Waals surface area contributed by atoms with E-state index in [0.29, 0.717) is 5.92 Å². The molecule has 1 aliphatic carbocycles. The summed E-state index contributed by atoms with van der Waals surface area (Å²) in [6.45, 7) is 2.89. The number of methoxy groups -OCH3 is 1. The van der Waals surface area contributed by atoms with Crippen LogP contribution in [0.15, 0.2) is 0 Å². The van der Waals surface area contributed by atoms with Crippen molar-refractivity contribution in [3.63, 3.8) is 0 Å². The van der Waals surface area contributed by atoms with E-state index >= 15 is 0 Å². The Bertz CT molecular complexity index is 132. The fourth-order valence-corrected chi connectivity index (χ4v) is 1.77. The lowest BCUT2D eigenvalue weighted by Crippen LogP contribution is -2.15. The van der Waals surface area contributed by atoms with Crippen LogP contribution in [0, 0.1) is 11.8 Å². The van der Waals surface area contributed by atoms with Crippen molar-refractivity contribution in [1.82, 2.24) is 0 Å². The Morgan fingerprint density at radius 2 is 2.15 bits per heavy atom. The van der Waals surface area contributed by atoms with Crippen LogP contribution in [-0.4, -0.2) is 24.9 Å². The minimum absolute atomic E-state index is 0.106. The van der Waals surface area contributed by atoms with Gasteiger partial charge in [0.2, 0.25) is 0 Å². The Kier molecular flexibility index (Phi) is 4.74. The molecule has 0 spiro atoms. The predicted molar refractivity (Wildman–Crippen MR) is 53.6 cm³/mol. The molecule has 1 rings (SSSR count). The van der Waals surface area contributed by atoms with Crippen molar-refractivity contribution in [2.45, 2.75) is 45.1 Å². The van der Waals surface area contributed by atoms with Crippen LogP contribution >= 0.6 is 0 Å². The van der Waals surface area contributed by atoms with Gasteiger partial charge in [0, 0.05) is 13.7 Å². The van der Waals surface area contributed by atoms with Crippen molar-refractivity contribution in [2.24, 2.45) is 11.8 Å². The van der Waals surface area contributed by atoms with E-state index in [2.05, 4.69) is 6.92 Å². The molecule has 2 nitrogen and oxygen atoms in total. The van der Waals surface area contributed by atoms with Gasteiger partial charge in [-0.15, -0.1) is 0 Å². The highest BCUT2D eigenvalue weighted by Crippen LogP contribution is 2.34. The summed E-state index contributed by atoms with van der Waals surface area (Å²) in [7, 11) is 1.72. The van der Waals surface area contributed by atoms with Crippen LogP contribution in [0.25, 0.3) is 0 Å². The van der Waals surface area contributed by atoms with E-state index in [1.807, 2.05) is 0 Å². The third-order valence-corrected chi connectivity index (χ3v) is 2.73. The van der Waals surface area contributed by atoms with Crippen LogP contribution in [0.5, 0.6) is 0 Å². The quantitative estimate of drug-likeness (QED) is 0.660. The number of rotatable bonds is 7. The van der Waals surface area contributed by atoms with Crippen molar-refractivity contribution in [3.8, 4) is 0 Å². The molecule has 0 heterocycles. The van der Waals surface area contributed by atoms with E-state index in [4.69, 9.17) is 4.74 Å². The molecule has 78 valence electrons. The molecule has 1 N–H and O–H groups in total. The Labute approximate surface area is 81.3 Å². The van der Waals surface area contributed by atoms with Crippen LogP contribution in [0.4, 0.5) is 0 Å². The zero-order valence-electron chi connectivity index (χ0n) is 8.83. The monoisotopic (exact) mass is 186 g/mol. The van der Waals surface area contributed by atoms with Gasteiger partial charge in [-0.05, 0) is 31.1 Å². The molecule has 2 unspecified atom stereocenters. The van der Waals surface area contributed by atoms with Gasteiger partial charge in [0.1, 0.15) is 0 Å². The first-order chi connectivity index (χ1) is 6.22. The summed E-state index contributed by atoms with van der Waals surface area (Å²) in [6, 6.07) is 0. The smallest absolute Gasteiger partial charge is 0.0543 e. The topological polar surface area (TPSA) is 29.5 Å². The molecule has 2 atom stereocenters. The van der Waals surface area contributed by atoms with Gasteiger partial charge in [-0.3, -0.25) is 0 Å². The molecule has 0 aromatic rings. The molecular weight excluding hydrogens is 164 g/mol. The Hall–Kier alpha value is -0.0800. The molecule has 1 fully saturated rings. The third kappa shape index (κ3) is 5.27. The summed E-state index contributed by atoms with van der Waals surface area (Å²) in [5.41, 5.74) is 0. The Morgan fingerprint density at radius 3 is 2.69 bits per heavy atom. The van der Waals surface area contributed by atoms with E-state index in [9.17, 15) is 5.11 Å². The molecule has 0 bridgehead atoms. The molecule has 2 heteroatoms. The first-order valence-corrected chi connectivity index (χ1v) is 5.39. The minimum atomic E-state index is -0.106. The lowest BCUT2D eigenvalue weighted by atomic mass is 10.0. The standard InChI is InChI=1S/C11H22O2/c1-9(8-13-2)7-11(12)6-5-10-3-4-10/h9-12H,3-8H2,1-2H3. The minimum Gasteiger partial charge on any atom is -0.393 e. The van der Waals surface area contributed by atoms with E-state index in [1.165, 1.54) is 19.3 Å². The van der Waals surface area contributed by atoms with Crippen molar-refractivity contribution in [2.75, 3.05) is 13.7 Å². The highest BCUT2D eigenvalue weighted by atomic mass is 16.5. The van der Waals surface area contributed by atoms with Gasteiger partial charge in [0.15, 0.2) is 0 Å². The summed E-state index contributed by atoms with van der Waals surface area (Å²) >= 11 is 0. The first-order valence-electron chi connectivity index (χ1n) is 5.39. The molecular formula is C11H22O2.